The van der Waals surface area contributed by atoms with Gasteiger partial charge in [-0.3, -0.25) is 9.59 Å². The number of nitrogens with one attached hydrogen (secondary N) is 1. The van der Waals surface area contributed by atoms with E-state index in [0.717, 1.165) is 0 Å². The topological polar surface area (TPSA) is 66.4 Å². The van der Waals surface area contributed by atoms with Crippen molar-refractivity contribution in [2.75, 3.05) is 0 Å². The zero-order valence-corrected chi connectivity index (χ0v) is 8.74. The third kappa shape index (κ3) is 3.05. The monoisotopic (exact) mass is 225 g/mol. The van der Waals surface area contributed by atoms with Gasteiger partial charge >= 0.3 is 5.97 Å². The Balaban J connectivity index is 2.95. The van der Waals surface area contributed by atoms with Gasteiger partial charge in [0.1, 0.15) is 5.82 Å². The number of aryl methyl sites for hydroxylation is 1. The van der Waals surface area contributed by atoms with Crippen LogP contribution < -0.4 is 5.32 Å². The first kappa shape index (κ1) is 12.2. The van der Waals surface area contributed by atoms with Crippen LogP contribution in [0.15, 0.2) is 18.2 Å². The third-order valence-electron chi connectivity index (χ3n) is 2.23. The van der Waals surface area contributed by atoms with Crippen molar-refractivity contribution in [3.63, 3.8) is 0 Å². The van der Waals surface area contributed by atoms with Crippen LogP contribution in [0.3, 0.4) is 0 Å². The summed E-state index contributed by atoms with van der Waals surface area (Å²) in [6.45, 7) is 1.58. The summed E-state index contributed by atoms with van der Waals surface area (Å²) in [5.41, 5.74) is 0.994. The molecule has 1 unspecified atom stereocenters. The molecule has 16 heavy (non-hydrogen) atoms. The fraction of sp³-hybridized carbons (Fsp3) is 0.273. The largest absolute Gasteiger partial charge is 0.481 e. The van der Waals surface area contributed by atoms with Crippen molar-refractivity contribution < 1.29 is 19.1 Å². The van der Waals surface area contributed by atoms with Crippen LogP contribution in [-0.4, -0.2) is 17.5 Å². The second-order valence-corrected chi connectivity index (χ2v) is 3.44. The van der Waals surface area contributed by atoms with Crippen molar-refractivity contribution in [3.8, 4) is 0 Å². The van der Waals surface area contributed by atoms with Gasteiger partial charge in [0.05, 0.1) is 12.5 Å². The van der Waals surface area contributed by atoms with Crippen molar-refractivity contribution in [1.82, 2.24) is 5.32 Å². The molecule has 1 amide bonds. The highest BCUT2D eigenvalue weighted by atomic mass is 19.1. The second kappa shape index (κ2) is 5.25. The molecule has 0 fully saturated rings. The fourth-order valence-electron chi connectivity index (χ4n) is 1.41. The number of benzene rings is 1. The van der Waals surface area contributed by atoms with Gasteiger partial charge in [0.2, 0.25) is 6.41 Å². The number of rotatable bonds is 5. The Labute approximate surface area is 92.1 Å². The maximum atomic E-state index is 13.0. The Hall–Kier alpha value is -1.91. The minimum absolute atomic E-state index is 0.232. The summed E-state index contributed by atoms with van der Waals surface area (Å²) in [7, 11) is 0. The quantitative estimate of drug-likeness (QED) is 0.744. The van der Waals surface area contributed by atoms with Crippen molar-refractivity contribution >= 4 is 12.4 Å². The second-order valence-electron chi connectivity index (χ2n) is 3.44. The van der Waals surface area contributed by atoms with Gasteiger partial charge in [-0.25, -0.2) is 4.39 Å². The van der Waals surface area contributed by atoms with Gasteiger partial charge in [0, 0.05) is 0 Å². The molecule has 0 saturated carbocycles. The zero-order chi connectivity index (χ0) is 12.1. The molecule has 0 aromatic heterocycles. The molecule has 1 atom stereocenters. The number of halogens is 1. The average molecular weight is 225 g/mol. The predicted molar refractivity (Wildman–Crippen MR) is 55.3 cm³/mol. The van der Waals surface area contributed by atoms with E-state index in [1.165, 1.54) is 18.2 Å². The van der Waals surface area contributed by atoms with Crippen LogP contribution in [0.1, 0.15) is 23.6 Å². The van der Waals surface area contributed by atoms with E-state index in [2.05, 4.69) is 5.32 Å². The van der Waals surface area contributed by atoms with Gasteiger partial charge < -0.3 is 10.4 Å². The van der Waals surface area contributed by atoms with E-state index in [1.54, 1.807) is 6.92 Å². The molecule has 0 bridgehead atoms. The Morgan fingerprint density at radius 1 is 1.62 bits per heavy atom. The Kier molecular flexibility index (Phi) is 3.99. The molecule has 2 N–H and O–H groups in total. The highest BCUT2D eigenvalue weighted by Crippen LogP contribution is 2.19. The predicted octanol–water partition coefficient (Wildman–Crippen LogP) is 1.40. The molecule has 0 aliphatic heterocycles. The molecule has 5 heteroatoms. The van der Waals surface area contributed by atoms with Gasteiger partial charge in [-0.05, 0) is 24.1 Å². The molecule has 1 aromatic rings. The summed E-state index contributed by atoms with van der Waals surface area (Å²) in [5, 5.41) is 11.1. The molecule has 0 aliphatic rings. The number of hydrogen-bond donors (Lipinski definition) is 2. The van der Waals surface area contributed by atoms with Crippen LogP contribution in [-0.2, 0) is 9.59 Å². The number of carboxylic acid groups (broad SMARTS) is 1. The van der Waals surface area contributed by atoms with Crippen molar-refractivity contribution in [3.05, 3.63) is 35.1 Å². The first-order valence-electron chi connectivity index (χ1n) is 4.72. The lowest BCUT2D eigenvalue weighted by molar-refractivity contribution is -0.137. The molecule has 0 radical (unpaired) electrons. The van der Waals surface area contributed by atoms with Crippen LogP contribution in [0.5, 0.6) is 0 Å². The maximum absolute atomic E-state index is 13.0. The average Bonchev–Trinajstić information content (AvgIpc) is 2.21. The van der Waals surface area contributed by atoms with E-state index in [0.29, 0.717) is 17.5 Å². The van der Waals surface area contributed by atoms with Gasteiger partial charge in [-0.2, -0.15) is 0 Å². The number of carbonyl (C=O) groups is 2. The Morgan fingerprint density at radius 3 is 2.81 bits per heavy atom. The molecular weight excluding hydrogens is 213 g/mol. The first-order chi connectivity index (χ1) is 7.54. The van der Waals surface area contributed by atoms with Gasteiger partial charge in [-0.15, -0.1) is 0 Å². The maximum Gasteiger partial charge on any atom is 0.305 e. The summed E-state index contributed by atoms with van der Waals surface area (Å²) in [6, 6.07) is 3.62. The van der Waals surface area contributed by atoms with E-state index >= 15 is 0 Å². The standard InChI is InChI=1S/C11H12FNO3/c1-7-4-8(2-3-9(7)12)10(13-6-14)5-11(15)16/h2-4,6,10H,5H2,1H3,(H,13,14)(H,15,16). The molecule has 1 aromatic carbocycles. The fourth-order valence-corrected chi connectivity index (χ4v) is 1.41. The van der Waals surface area contributed by atoms with Crippen LogP contribution in [0, 0.1) is 12.7 Å². The van der Waals surface area contributed by atoms with Gasteiger partial charge in [-0.1, -0.05) is 12.1 Å². The van der Waals surface area contributed by atoms with Crippen LogP contribution in [0.25, 0.3) is 0 Å². The summed E-state index contributed by atoms with van der Waals surface area (Å²) in [6.07, 6.45) is 0.204. The number of carboxylic acids is 1. The van der Waals surface area contributed by atoms with Gasteiger partial charge in [0.15, 0.2) is 0 Å². The lowest BCUT2D eigenvalue weighted by atomic mass is 10.0. The van der Waals surface area contributed by atoms with Crippen molar-refractivity contribution in [2.24, 2.45) is 0 Å². The summed E-state index contributed by atoms with van der Waals surface area (Å²) >= 11 is 0. The van der Waals surface area contributed by atoms with E-state index < -0.39 is 12.0 Å². The minimum Gasteiger partial charge on any atom is -0.481 e. The minimum atomic E-state index is -1.03. The normalized spacial score (nSPS) is 11.9. The highest BCUT2D eigenvalue weighted by Gasteiger charge is 2.15. The van der Waals surface area contributed by atoms with Crippen LogP contribution >= 0.6 is 0 Å². The van der Waals surface area contributed by atoms with Crippen LogP contribution in [0.2, 0.25) is 0 Å². The van der Waals surface area contributed by atoms with E-state index in [1.807, 2.05) is 0 Å². The highest BCUT2D eigenvalue weighted by molar-refractivity contribution is 5.68. The Morgan fingerprint density at radius 2 is 2.31 bits per heavy atom. The molecular formula is C11H12FNO3. The number of carbonyl (C=O) groups excluding carboxylic acids is 1. The third-order valence-corrected chi connectivity index (χ3v) is 2.23. The smallest absolute Gasteiger partial charge is 0.305 e. The number of amides is 1. The molecule has 0 saturated heterocycles. The molecule has 0 aliphatic carbocycles. The lowest BCUT2D eigenvalue weighted by Crippen LogP contribution is -2.22. The van der Waals surface area contributed by atoms with Crippen molar-refractivity contribution in [2.45, 2.75) is 19.4 Å². The first-order valence-corrected chi connectivity index (χ1v) is 4.72. The molecule has 0 spiro atoms. The lowest BCUT2D eigenvalue weighted by Gasteiger charge is -2.14. The molecule has 1 rings (SSSR count). The van der Waals surface area contributed by atoms with E-state index in [-0.39, 0.29) is 12.2 Å². The van der Waals surface area contributed by atoms with E-state index in [4.69, 9.17) is 5.11 Å². The molecule has 86 valence electrons. The summed E-state index contributed by atoms with van der Waals surface area (Å²) in [4.78, 5) is 20.9. The zero-order valence-electron chi connectivity index (χ0n) is 8.74. The Bertz CT molecular complexity index is 406. The van der Waals surface area contributed by atoms with Crippen molar-refractivity contribution in [1.29, 1.82) is 0 Å². The van der Waals surface area contributed by atoms with Crippen LogP contribution in [0.4, 0.5) is 4.39 Å². The van der Waals surface area contributed by atoms with E-state index in [9.17, 15) is 14.0 Å². The SMILES string of the molecule is Cc1cc(C(CC(=O)O)NC=O)ccc1F. The summed E-state index contributed by atoms with van der Waals surface area (Å²) in [5.74, 6) is -1.38. The molecule has 4 nitrogen and oxygen atoms in total. The number of hydrogen-bond acceptors (Lipinski definition) is 2. The summed E-state index contributed by atoms with van der Waals surface area (Å²) < 4.78 is 13.0. The van der Waals surface area contributed by atoms with Gasteiger partial charge in [0.25, 0.3) is 0 Å². The molecule has 0 heterocycles. The number of aliphatic carboxylic acids is 1.